The number of carbonyl (C=O) groups excluding carboxylic acids is 1. The Labute approximate surface area is 395 Å². The van der Waals surface area contributed by atoms with Crippen molar-refractivity contribution < 1.29 is 20.1 Å². The number of carbonyl (C=O) groups is 1. The molecule has 5 nitrogen and oxygen atoms in total. The molecule has 5 heteroatoms. The highest BCUT2D eigenvalue weighted by atomic mass is 16.3. The first-order valence-electron chi connectivity index (χ1n) is 29.0. The number of allylic oxidation sites excluding steroid dienone is 1. The van der Waals surface area contributed by atoms with Crippen LogP contribution in [0.4, 0.5) is 0 Å². The molecule has 63 heavy (non-hydrogen) atoms. The zero-order valence-corrected chi connectivity index (χ0v) is 43.0. The lowest BCUT2D eigenvalue weighted by atomic mass is 10.0. The number of aliphatic hydroxyl groups excluding tert-OH is 3. The number of nitrogens with one attached hydrogen (secondary N) is 1. The summed E-state index contributed by atoms with van der Waals surface area (Å²) in [5.74, 6) is -0.307. The summed E-state index contributed by atoms with van der Waals surface area (Å²) in [7, 11) is 0. The van der Waals surface area contributed by atoms with E-state index in [4.69, 9.17) is 0 Å². The molecular formula is C58H115NO4. The van der Waals surface area contributed by atoms with Gasteiger partial charge in [-0.2, -0.15) is 0 Å². The van der Waals surface area contributed by atoms with Crippen LogP contribution in [0.3, 0.4) is 0 Å². The van der Waals surface area contributed by atoms with Crippen LogP contribution in [-0.2, 0) is 4.79 Å². The van der Waals surface area contributed by atoms with Gasteiger partial charge in [0.05, 0.1) is 31.3 Å². The molecule has 3 unspecified atom stereocenters. The molecule has 1 amide bonds. The SMILES string of the molecule is CCCCCCCCCCCCCCCCCCCCCCCC/C=C/C(O)C(CO)NC(=O)CC(O)CCCCCCCCCCCCCCCCCCCCCCCCCC. The minimum atomic E-state index is -0.926. The molecule has 0 rings (SSSR count). The summed E-state index contributed by atoms with van der Waals surface area (Å²) in [5.41, 5.74) is 0. The van der Waals surface area contributed by atoms with Crippen molar-refractivity contribution in [2.75, 3.05) is 6.61 Å². The van der Waals surface area contributed by atoms with Crippen LogP contribution >= 0.6 is 0 Å². The number of aliphatic hydroxyl groups is 3. The molecule has 0 aromatic rings. The van der Waals surface area contributed by atoms with Gasteiger partial charge in [-0.25, -0.2) is 0 Å². The normalized spacial score (nSPS) is 13.3. The predicted molar refractivity (Wildman–Crippen MR) is 278 cm³/mol. The summed E-state index contributed by atoms with van der Waals surface area (Å²) in [5, 5.41) is 33.5. The third-order valence-electron chi connectivity index (χ3n) is 13.8. The summed E-state index contributed by atoms with van der Waals surface area (Å²) in [6, 6.07) is -0.741. The van der Waals surface area contributed by atoms with Crippen molar-refractivity contribution in [3.63, 3.8) is 0 Å². The van der Waals surface area contributed by atoms with Gasteiger partial charge in [-0.15, -0.1) is 0 Å². The first-order chi connectivity index (χ1) is 31.0. The highest BCUT2D eigenvalue weighted by Gasteiger charge is 2.20. The van der Waals surface area contributed by atoms with Gasteiger partial charge in [0.2, 0.25) is 5.91 Å². The van der Waals surface area contributed by atoms with Gasteiger partial charge in [0, 0.05) is 0 Å². The number of rotatable bonds is 54. The Kier molecular flexibility index (Phi) is 52.9. The average Bonchev–Trinajstić information content (AvgIpc) is 3.28. The molecular weight excluding hydrogens is 775 g/mol. The van der Waals surface area contributed by atoms with E-state index in [1.165, 1.54) is 276 Å². The monoisotopic (exact) mass is 890 g/mol. The molecule has 0 aliphatic heterocycles. The van der Waals surface area contributed by atoms with E-state index in [1.807, 2.05) is 6.08 Å². The van der Waals surface area contributed by atoms with E-state index in [0.29, 0.717) is 6.42 Å². The van der Waals surface area contributed by atoms with E-state index in [9.17, 15) is 20.1 Å². The molecule has 0 bridgehead atoms. The van der Waals surface area contributed by atoms with E-state index >= 15 is 0 Å². The molecule has 3 atom stereocenters. The van der Waals surface area contributed by atoms with E-state index < -0.39 is 18.2 Å². The zero-order chi connectivity index (χ0) is 45.8. The minimum absolute atomic E-state index is 0.0196. The topological polar surface area (TPSA) is 89.8 Å². The summed E-state index contributed by atoms with van der Waals surface area (Å²) in [4.78, 5) is 12.5. The largest absolute Gasteiger partial charge is 0.394 e. The number of hydrogen-bond acceptors (Lipinski definition) is 4. The Morgan fingerprint density at radius 1 is 0.397 bits per heavy atom. The van der Waals surface area contributed by atoms with Crippen LogP contribution in [0, 0.1) is 0 Å². The van der Waals surface area contributed by atoms with Crippen molar-refractivity contribution in [2.45, 2.75) is 347 Å². The summed E-state index contributed by atoms with van der Waals surface area (Å²) >= 11 is 0. The van der Waals surface area contributed by atoms with Crippen molar-refractivity contribution in [1.82, 2.24) is 5.32 Å². The van der Waals surface area contributed by atoms with Crippen LogP contribution in [0.2, 0.25) is 0 Å². The molecule has 0 heterocycles. The highest BCUT2D eigenvalue weighted by molar-refractivity contribution is 5.76. The fourth-order valence-corrected chi connectivity index (χ4v) is 9.40. The number of amides is 1. The minimum Gasteiger partial charge on any atom is -0.394 e. The predicted octanol–water partition coefficient (Wildman–Crippen LogP) is 17.9. The van der Waals surface area contributed by atoms with Crippen molar-refractivity contribution in [2.24, 2.45) is 0 Å². The molecule has 0 spiro atoms. The fraction of sp³-hybridized carbons (Fsp3) is 0.948. The lowest BCUT2D eigenvalue weighted by Gasteiger charge is -2.21. The zero-order valence-electron chi connectivity index (χ0n) is 43.0. The standard InChI is InChI=1S/C58H115NO4/c1-3-5-7-9-11-13-15-17-19-21-23-25-27-29-31-33-35-37-39-41-43-45-47-49-51-55(61)53-58(63)59-56(54-60)57(62)52-50-48-46-44-42-40-38-36-34-32-30-28-26-24-22-20-18-16-14-12-10-8-6-4-2/h50,52,55-57,60-62H,3-49,51,53-54H2,1-2H3,(H,59,63)/b52-50+. The van der Waals surface area contributed by atoms with E-state index in [2.05, 4.69) is 19.2 Å². The van der Waals surface area contributed by atoms with E-state index in [0.717, 1.165) is 25.7 Å². The molecule has 0 saturated carbocycles. The van der Waals surface area contributed by atoms with Gasteiger partial charge in [0.25, 0.3) is 0 Å². The summed E-state index contributed by atoms with van der Waals surface area (Å²) in [6.45, 7) is 4.26. The maximum Gasteiger partial charge on any atom is 0.222 e. The second-order valence-corrected chi connectivity index (χ2v) is 20.3. The van der Waals surface area contributed by atoms with Gasteiger partial charge >= 0.3 is 0 Å². The maximum absolute atomic E-state index is 12.5. The Balaban J connectivity index is 3.53. The molecule has 0 aromatic heterocycles. The van der Waals surface area contributed by atoms with Crippen LogP contribution in [0.1, 0.15) is 328 Å². The Morgan fingerprint density at radius 3 is 0.921 bits per heavy atom. The lowest BCUT2D eigenvalue weighted by Crippen LogP contribution is -2.45. The number of hydrogen-bond donors (Lipinski definition) is 4. The van der Waals surface area contributed by atoms with E-state index in [-0.39, 0.29) is 18.9 Å². The van der Waals surface area contributed by atoms with Crippen molar-refractivity contribution in [3.05, 3.63) is 12.2 Å². The molecule has 0 saturated heterocycles. The van der Waals surface area contributed by atoms with Gasteiger partial charge in [0.15, 0.2) is 0 Å². The van der Waals surface area contributed by atoms with Crippen LogP contribution in [0.5, 0.6) is 0 Å². The molecule has 0 radical (unpaired) electrons. The summed E-state index contributed by atoms with van der Waals surface area (Å²) < 4.78 is 0. The Hall–Kier alpha value is -0.910. The molecule has 0 aromatic carbocycles. The Bertz CT molecular complexity index is 894. The van der Waals surface area contributed by atoms with Crippen molar-refractivity contribution in [1.29, 1.82) is 0 Å². The molecule has 0 aliphatic rings. The van der Waals surface area contributed by atoms with Gasteiger partial charge in [-0.3, -0.25) is 4.79 Å². The van der Waals surface area contributed by atoms with E-state index in [1.54, 1.807) is 6.08 Å². The number of unbranched alkanes of at least 4 members (excludes halogenated alkanes) is 45. The van der Waals surface area contributed by atoms with Crippen LogP contribution in [-0.4, -0.2) is 46.1 Å². The molecule has 4 N–H and O–H groups in total. The Morgan fingerprint density at radius 2 is 0.651 bits per heavy atom. The molecule has 376 valence electrons. The quantitative estimate of drug-likeness (QED) is 0.0362. The maximum atomic E-state index is 12.5. The van der Waals surface area contributed by atoms with Gasteiger partial charge in [-0.1, -0.05) is 315 Å². The average molecular weight is 891 g/mol. The van der Waals surface area contributed by atoms with Crippen molar-refractivity contribution >= 4 is 5.91 Å². The third-order valence-corrected chi connectivity index (χ3v) is 13.8. The second kappa shape index (κ2) is 53.7. The first-order valence-corrected chi connectivity index (χ1v) is 29.0. The summed E-state index contributed by atoms with van der Waals surface area (Å²) in [6.07, 6.45) is 66.9. The van der Waals surface area contributed by atoms with Crippen LogP contribution in [0.25, 0.3) is 0 Å². The third kappa shape index (κ3) is 50.3. The first kappa shape index (κ1) is 62.1. The smallest absolute Gasteiger partial charge is 0.222 e. The highest BCUT2D eigenvalue weighted by Crippen LogP contribution is 2.18. The molecule has 0 fully saturated rings. The van der Waals surface area contributed by atoms with Crippen molar-refractivity contribution in [3.8, 4) is 0 Å². The second-order valence-electron chi connectivity index (χ2n) is 20.3. The fourth-order valence-electron chi connectivity index (χ4n) is 9.40. The van der Waals surface area contributed by atoms with Gasteiger partial charge < -0.3 is 20.6 Å². The van der Waals surface area contributed by atoms with Gasteiger partial charge in [0.1, 0.15) is 0 Å². The van der Waals surface area contributed by atoms with Crippen LogP contribution in [0.15, 0.2) is 12.2 Å². The lowest BCUT2D eigenvalue weighted by molar-refractivity contribution is -0.124. The van der Waals surface area contributed by atoms with Gasteiger partial charge in [-0.05, 0) is 19.3 Å². The van der Waals surface area contributed by atoms with Crippen LogP contribution < -0.4 is 5.32 Å². The molecule has 0 aliphatic carbocycles.